The first-order valence-electron chi connectivity index (χ1n) is 7.91. The summed E-state index contributed by atoms with van der Waals surface area (Å²) in [7, 11) is 1.94. The quantitative estimate of drug-likeness (QED) is 0.922. The first-order valence-corrected chi connectivity index (χ1v) is 8.73. The number of rotatable bonds is 3. The van der Waals surface area contributed by atoms with E-state index in [9.17, 15) is 4.79 Å². The van der Waals surface area contributed by atoms with Gasteiger partial charge in [0.05, 0.1) is 11.9 Å². The van der Waals surface area contributed by atoms with E-state index in [2.05, 4.69) is 29.1 Å². The highest BCUT2D eigenvalue weighted by atomic mass is 32.1. The number of anilines is 1. The molecule has 7 heteroatoms. The Bertz CT molecular complexity index is 736. The summed E-state index contributed by atoms with van der Waals surface area (Å²) in [5.74, 6) is 1.76. The number of hydrogen-bond donors (Lipinski definition) is 1. The molecule has 1 saturated heterocycles. The third-order valence-corrected chi connectivity index (χ3v) is 5.43. The summed E-state index contributed by atoms with van der Waals surface area (Å²) in [5.41, 5.74) is 1.21. The lowest BCUT2D eigenvalue weighted by molar-refractivity contribution is -0.130. The van der Waals surface area contributed by atoms with E-state index in [0.29, 0.717) is 6.54 Å². The van der Waals surface area contributed by atoms with Crippen molar-refractivity contribution >= 4 is 33.3 Å². The third-order valence-electron chi connectivity index (χ3n) is 4.33. The van der Waals surface area contributed by atoms with Crippen molar-refractivity contribution in [1.82, 2.24) is 20.2 Å². The molecule has 3 rings (SSSR count). The molecule has 1 N–H and O–H groups in total. The van der Waals surface area contributed by atoms with Crippen molar-refractivity contribution in [2.75, 3.05) is 44.7 Å². The molecule has 1 aliphatic rings. The number of thiophene rings is 1. The van der Waals surface area contributed by atoms with Crippen molar-refractivity contribution in [3.63, 3.8) is 0 Å². The van der Waals surface area contributed by atoms with Crippen molar-refractivity contribution in [3.8, 4) is 0 Å². The van der Waals surface area contributed by atoms with Crippen molar-refractivity contribution in [2.45, 2.75) is 20.8 Å². The second-order valence-corrected chi connectivity index (χ2v) is 7.25. The van der Waals surface area contributed by atoms with Gasteiger partial charge in [-0.2, -0.15) is 0 Å². The molecule has 0 radical (unpaired) electrons. The molecule has 0 spiro atoms. The van der Waals surface area contributed by atoms with Crippen LogP contribution in [-0.4, -0.2) is 60.5 Å². The number of aromatic nitrogens is 2. The molecule has 124 valence electrons. The molecule has 0 unspecified atom stereocenters. The van der Waals surface area contributed by atoms with Crippen LogP contribution in [0.5, 0.6) is 0 Å². The van der Waals surface area contributed by atoms with E-state index in [-0.39, 0.29) is 5.91 Å². The number of amides is 1. The number of carbonyl (C=O) groups is 1. The van der Waals surface area contributed by atoms with E-state index < -0.39 is 0 Å². The van der Waals surface area contributed by atoms with E-state index in [0.717, 1.165) is 48.0 Å². The molecule has 0 saturated carbocycles. The Hall–Kier alpha value is -1.73. The van der Waals surface area contributed by atoms with Gasteiger partial charge in [0.2, 0.25) is 5.91 Å². The molecule has 1 amide bonds. The number of aryl methyl sites for hydroxylation is 3. The number of carbonyl (C=O) groups excluding carboxylic acids is 1. The van der Waals surface area contributed by atoms with Crippen molar-refractivity contribution in [3.05, 3.63) is 16.3 Å². The summed E-state index contributed by atoms with van der Waals surface area (Å²) in [6.07, 6.45) is 0. The molecule has 1 aliphatic heterocycles. The van der Waals surface area contributed by atoms with Crippen LogP contribution in [0.25, 0.3) is 10.2 Å². The lowest BCUT2D eigenvalue weighted by Crippen LogP contribution is -2.49. The minimum Gasteiger partial charge on any atom is -0.350 e. The normalized spacial score (nSPS) is 15.2. The summed E-state index contributed by atoms with van der Waals surface area (Å²) < 4.78 is 0. The van der Waals surface area contributed by atoms with Gasteiger partial charge >= 0.3 is 0 Å². The van der Waals surface area contributed by atoms with Crippen molar-refractivity contribution in [1.29, 1.82) is 0 Å². The van der Waals surface area contributed by atoms with Gasteiger partial charge in [-0.3, -0.25) is 4.79 Å². The van der Waals surface area contributed by atoms with Crippen LogP contribution in [-0.2, 0) is 4.79 Å². The van der Waals surface area contributed by atoms with Crippen LogP contribution in [0.15, 0.2) is 0 Å². The summed E-state index contributed by atoms with van der Waals surface area (Å²) in [6.45, 7) is 9.75. The Labute approximate surface area is 140 Å². The molecule has 2 aromatic heterocycles. The van der Waals surface area contributed by atoms with Gasteiger partial charge in [-0.25, -0.2) is 9.97 Å². The molecule has 0 aliphatic carbocycles. The fraction of sp³-hybridized carbons (Fsp3) is 0.562. The maximum atomic E-state index is 12.5. The van der Waals surface area contributed by atoms with Crippen LogP contribution in [0.4, 0.5) is 5.82 Å². The fourth-order valence-corrected chi connectivity index (χ4v) is 3.97. The van der Waals surface area contributed by atoms with Crippen molar-refractivity contribution < 1.29 is 4.79 Å². The zero-order valence-electron chi connectivity index (χ0n) is 14.1. The van der Waals surface area contributed by atoms with E-state index in [4.69, 9.17) is 0 Å². The summed E-state index contributed by atoms with van der Waals surface area (Å²) >= 11 is 1.69. The van der Waals surface area contributed by atoms with Gasteiger partial charge in [-0.15, -0.1) is 11.3 Å². The summed E-state index contributed by atoms with van der Waals surface area (Å²) in [4.78, 5) is 27.8. The van der Waals surface area contributed by atoms with Crippen LogP contribution in [0, 0.1) is 20.8 Å². The molecule has 0 bridgehead atoms. The van der Waals surface area contributed by atoms with Gasteiger partial charge in [-0.05, 0) is 26.3 Å². The number of fused-ring (bicyclic) bond motifs is 1. The van der Waals surface area contributed by atoms with Crippen LogP contribution in [0.3, 0.4) is 0 Å². The van der Waals surface area contributed by atoms with Gasteiger partial charge in [-0.1, -0.05) is 0 Å². The highest BCUT2D eigenvalue weighted by molar-refractivity contribution is 7.18. The number of hydrogen-bond acceptors (Lipinski definition) is 6. The zero-order chi connectivity index (χ0) is 16.6. The van der Waals surface area contributed by atoms with Gasteiger partial charge in [0.15, 0.2) is 0 Å². The lowest BCUT2D eigenvalue weighted by Gasteiger charge is -2.29. The highest BCUT2D eigenvalue weighted by Crippen LogP contribution is 2.34. The maximum absolute atomic E-state index is 12.5. The zero-order valence-corrected chi connectivity index (χ0v) is 15.0. The molecular formula is C16H23N5OS. The Morgan fingerprint density at radius 2 is 1.96 bits per heavy atom. The van der Waals surface area contributed by atoms with Crippen molar-refractivity contribution in [2.24, 2.45) is 0 Å². The Morgan fingerprint density at radius 1 is 1.26 bits per heavy atom. The average molecular weight is 333 g/mol. The van der Waals surface area contributed by atoms with E-state index in [1.54, 1.807) is 11.3 Å². The lowest BCUT2D eigenvalue weighted by atomic mass is 10.2. The Morgan fingerprint density at radius 3 is 2.65 bits per heavy atom. The maximum Gasteiger partial charge on any atom is 0.242 e. The Kier molecular flexibility index (Phi) is 4.50. The number of piperazine rings is 1. The van der Waals surface area contributed by atoms with Gasteiger partial charge in [0.25, 0.3) is 0 Å². The largest absolute Gasteiger partial charge is 0.350 e. The number of nitrogens with one attached hydrogen (secondary N) is 1. The average Bonchev–Trinajstić information content (AvgIpc) is 2.81. The van der Waals surface area contributed by atoms with Crippen LogP contribution in [0.2, 0.25) is 0 Å². The van der Waals surface area contributed by atoms with Crippen LogP contribution in [0.1, 0.15) is 16.3 Å². The smallest absolute Gasteiger partial charge is 0.242 e. The monoisotopic (exact) mass is 333 g/mol. The first kappa shape index (κ1) is 16.1. The topological polar surface area (TPSA) is 61.4 Å². The number of nitrogens with zero attached hydrogens (tertiary/aromatic N) is 4. The summed E-state index contributed by atoms with van der Waals surface area (Å²) in [5, 5.41) is 4.35. The minimum atomic E-state index is 0.156. The Balaban J connectivity index is 1.88. The second kappa shape index (κ2) is 6.41. The van der Waals surface area contributed by atoms with Gasteiger partial charge in [0.1, 0.15) is 16.5 Å². The predicted molar refractivity (Wildman–Crippen MR) is 94.3 cm³/mol. The molecule has 1 fully saturated rings. The van der Waals surface area contributed by atoms with Crippen LogP contribution >= 0.6 is 11.3 Å². The molecule has 3 heterocycles. The molecule has 0 atom stereocenters. The first-order chi connectivity index (χ1) is 11.0. The number of likely N-dealkylation sites (N-methyl/N-ethyl adjacent to an activating group) is 1. The molecule has 0 aromatic carbocycles. The van der Waals surface area contributed by atoms with E-state index in [1.165, 1.54) is 10.4 Å². The van der Waals surface area contributed by atoms with E-state index in [1.807, 2.05) is 23.8 Å². The third kappa shape index (κ3) is 3.16. The second-order valence-electron chi connectivity index (χ2n) is 6.04. The van der Waals surface area contributed by atoms with Gasteiger partial charge in [0, 0.05) is 38.1 Å². The van der Waals surface area contributed by atoms with E-state index >= 15 is 0 Å². The minimum absolute atomic E-state index is 0.156. The fourth-order valence-electron chi connectivity index (χ4n) is 2.90. The highest BCUT2D eigenvalue weighted by Gasteiger charge is 2.21. The van der Waals surface area contributed by atoms with Gasteiger partial charge < -0.3 is 15.1 Å². The predicted octanol–water partition coefficient (Wildman–Crippen LogP) is 1.48. The molecular weight excluding hydrogens is 310 g/mol. The summed E-state index contributed by atoms with van der Waals surface area (Å²) in [6, 6.07) is 0. The molecule has 6 nitrogen and oxygen atoms in total. The molecule has 2 aromatic rings. The SMILES string of the molecule is Cc1nc(N(C)CC(=O)N2CCNCC2)c2c(C)c(C)sc2n1. The molecule has 23 heavy (non-hydrogen) atoms. The van der Waals surface area contributed by atoms with Crippen LogP contribution < -0.4 is 10.2 Å². The standard InChI is InChI=1S/C16H23N5OS/c1-10-11(2)23-16-14(10)15(18-12(3)19-16)20(4)9-13(22)21-7-5-17-6-8-21/h17H,5-9H2,1-4H3.